The molecule has 0 radical (unpaired) electrons. The minimum absolute atomic E-state index is 0.00571. The molecule has 0 aromatic carbocycles. The van der Waals surface area contributed by atoms with Crippen LogP contribution >= 0.6 is 0 Å². The molecule has 3 N–H and O–H groups in total. The van der Waals surface area contributed by atoms with Gasteiger partial charge in [-0.15, -0.1) is 0 Å². The van der Waals surface area contributed by atoms with E-state index in [1.807, 2.05) is 52.0 Å². The van der Waals surface area contributed by atoms with Crippen molar-refractivity contribution in [3.63, 3.8) is 0 Å². The number of aliphatic hydroxyl groups excluding tert-OH is 1. The summed E-state index contributed by atoms with van der Waals surface area (Å²) in [5.41, 5.74) is 6.09. The third-order valence-electron chi connectivity index (χ3n) is 6.28. The summed E-state index contributed by atoms with van der Waals surface area (Å²) >= 11 is 0. The van der Waals surface area contributed by atoms with Crippen molar-refractivity contribution >= 4 is 21.7 Å². The average molecular weight is 499 g/mol. The zero-order valence-corrected chi connectivity index (χ0v) is 22.3. The third-order valence-corrected chi connectivity index (χ3v) is 8.31. The van der Waals surface area contributed by atoms with E-state index in [2.05, 4.69) is 10.9 Å². The summed E-state index contributed by atoms with van der Waals surface area (Å²) in [5, 5.41) is 9.00. The molecule has 9 heteroatoms. The molecule has 1 aliphatic rings. The molecule has 1 aliphatic carbocycles. The Labute approximate surface area is 204 Å². The highest BCUT2D eigenvalue weighted by molar-refractivity contribution is 7.91. The predicted molar refractivity (Wildman–Crippen MR) is 134 cm³/mol. The molecule has 0 unspecified atom stereocenters. The number of methoxy groups -OCH3 is 1. The molecule has 0 aromatic rings. The molecule has 0 aliphatic heterocycles. The van der Waals surface area contributed by atoms with Crippen LogP contribution in [0.25, 0.3) is 0 Å². The quantitative estimate of drug-likeness (QED) is 0.249. The molecular formula is C25H42N2O6S. The van der Waals surface area contributed by atoms with Crippen LogP contribution in [0.4, 0.5) is 0 Å². The van der Waals surface area contributed by atoms with E-state index in [0.717, 1.165) is 11.1 Å². The number of allylic oxidation sites excluding steroid dienone is 5. The van der Waals surface area contributed by atoms with Gasteiger partial charge in [0.2, 0.25) is 5.91 Å². The smallest absolute Gasteiger partial charge is 0.308 e. The monoisotopic (exact) mass is 498 g/mol. The van der Waals surface area contributed by atoms with E-state index in [0.29, 0.717) is 32.1 Å². The highest BCUT2D eigenvalue weighted by Crippen LogP contribution is 2.38. The number of aliphatic hydroxyl groups is 1. The van der Waals surface area contributed by atoms with Gasteiger partial charge in [0.1, 0.15) is 0 Å². The van der Waals surface area contributed by atoms with E-state index < -0.39 is 20.7 Å². The first-order chi connectivity index (χ1) is 15.8. The molecule has 34 heavy (non-hydrogen) atoms. The molecule has 0 saturated heterocycles. The summed E-state index contributed by atoms with van der Waals surface area (Å²) in [7, 11) is -0.312. The van der Waals surface area contributed by atoms with Crippen molar-refractivity contribution in [1.29, 1.82) is 0 Å². The van der Waals surface area contributed by atoms with Gasteiger partial charge < -0.3 is 9.84 Å². The molecule has 8 nitrogen and oxygen atoms in total. The number of carbonyl (C=O) groups excluding carboxylic acids is 2. The molecule has 0 spiro atoms. The summed E-state index contributed by atoms with van der Waals surface area (Å²) in [6.07, 6.45) is 10.9. The van der Waals surface area contributed by atoms with Crippen molar-refractivity contribution in [2.75, 3.05) is 32.3 Å². The van der Waals surface area contributed by atoms with Gasteiger partial charge in [-0.3, -0.25) is 15.0 Å². The van der Waals surface area contributed by atoms with E-state index in [1.54, 1.807) is 7.05 Å². The second kappa shape index (κ2) is 13.2. The lowest BCUT2D eigenvalue weighted by Gasteiger charge is -2.32. The maximum Gasteiger partial charge on any atom is 0.308 e. The molecule has 0 aromatic heterocycles. The molecule has 0 saturated carbocycles. The number of ether oxygens (including phenoxy) is 1. The Kier molecular flexibility index (Phi) is 11.7. The summed E-state index contributed by atoms with van der Waals surface area (Å²) in [5.74, 6) is -0.903. The zero-order chi connectivity index (χ0) is 26.0. The van der Waals surface area contributed by atoms with Crippen LogP contribution in [0.2, 0.25) is 0 Å². The maximum atomic E-state index is 13.1. The van der Waals surface area contributed by atoms with Gasteiger partial charge in [0.05, 0.1) is 36.6 Å². The number of nitrogens with one attached hydrogen (secondary N) is 2. The normalized spacial score (nSPS) is 17.1. The van der Waals surface area contributed by atoms with Crippen LogP contribution in [0.1, 0.15) is 59.8 Å². The predicted octanol–water partition coefficient (Wildman–Crippen LogP) is 2.86. The van der Waals surface area contributed by atoms with Crippen LogP contribution in [0.15, 0.2) is 35.5 Å². The van der Waals surface area contributed by atoms with Gasteiger partial charge in [0.25, 0.3) is 0 Å². The second-order valence-electron chi connectivity index (χ2n) is 10.0. The van der Waals surface area contributed by atoms with E-state index in [-0.39, 0.29) is 35.9 Å². The first-order valence-corrected chi connectivity index (χ1v) is 13.6. The van der Waals surface area contributed by atoms with Gasteiger partial charge in [0.15, 0.2) is 9.84 Å². The Morgan fingerprint density at radius 1 is 1.24 bits per heavy atom. The number of sulfone groups is 1. The summed E-state index contributed by atoms with van der Waals surface area (Å²) < 4.78 is 29.2. The van der Waals surface area contributed by atoms with Crippen molar-refractivity contribution in [2.24, 2.45) is 16.7 Å². The second-order valence-corrected chi connectivity index (χ2v) is 12.2. The largest absolute Gasteiger partial charge is 0.469 e. The van der Waals surface area contributed by atoms with Gasteiger partial charge in [-0.25, -0.2) is 13.8 Å². The van der Waals surface area contributed by atoms with E-state index in [1.165, 1.54) is 7.11 Å². The highest BCUT2D eigenvalue weighted by atomic mass is 32.2. The maximum absolute atomic E-state index is 13.1. The number of carbonyl (C=O) groups is 2. The summed E-state index contributed by atoms with van der Waals surface area (Å²) in [4.78, 5) is 24.9. The van der Waals surface area contributed by atoms with Gasteiger partial charge in [-0.2, -0.15) is 0 Å². The number of hydrogen-bond acceptors (Lipinski definition) is 7. The van der Waals surface area contributed by atoms with Crippen LogP contribution in [0.5, 0.6) is 0 Å². The molecule has 2 atom stereocenters. The molecule has 0 bridgehead atoms. The molecule has 1 amide bonds. The Morgan fingerprint density at radius 2 is 1.91 bits per heavy atom. The number of esters is 1. The van der Waals surface area contributed by atoms with Gasteiger partial charge in [-0.05, 0) is 43.6 Å². The standard InChI is InChI=1S/C25H42N2O6S/c1-19(22(29)33-6)17-20-9-7-10-21(12-11-20)25(4,23(30)27-26-5)14-8-13-24(2,3)18-34(31,32)16-15-28/h7,9-10,12,19,26,28H,8,11,13-18H2,1-6H3,(H,27,30)/t19-,25-/m1/s1. The van der Waals surface area contributed by atoms with Crippen LogP contribution in [0, 0.1) is 16.7 Å². The van der Waals surface area contributed by atoms with E-state index in [9.17, 15) is 18.0 Å². The SMILES string of the molecule is CNNC(=O)[C@](C)(CCCC(C)(C)CS(=O)(=O)CCO)C1=CCC(C[C@@H](C)C(=O)OC)=CC=C1. The Bertz CT molecular complexity index is 904. The Morgan fingerprint density at radius 3 is 2.50 bits per heavy atom. The fraction of sp³-hybridized carbons (Fsp3) is 0.680. The van der Waals surface area contributed by atoms with Crippen molar-refractivity contribution < 1.29 is 27.9 Å². The third kappa shape index (κ3) is 9.35. The molecule has 0 heterocycles. The van der Waals surface area contributed by atoms with Crippen LogP contribution in [0.3, 0.4) is 0 Å². The van der Waals surface area contributed by atoms with Crippen LogP contribution < -0.4 is 10.9 Å². The lowest BCUT2D eigenvalue weighted by molar-refractivity contribution is -0.144. The average Bonchev–Trinajstić information content (AvgIpc) is 2.97. The van der Waals surface area contributed by atoms with Crippen LogP contribution in [-0.2, 0) is 24.2 Å². The van der Waals surface area contributed by atoms with Crippen molar-refractivity contribution in [3.8, 4) is 0 Å². The van der Waals surface area contributed by atoms with Crippen LogP contribution in [-0.4, -0.2) is 57.7 Å². The fourth-order valence-electron chi connectivity index (χ4n) is 4.34. The van der Waals surface area contributed by atoms with Crippen molar-refractivity contribution in [3.05, 3.63) is 35.5 Å². The Hall–Kier alpha value is -1.97. The highest BCUT2D eigenvalue weighted by Gasteiger charge is 2.37. The fourth-order valence-corrected chi connectivity index (χ4v) is 6.10. The summed E-state index contributed by atoms with van der Waals surface area (Å²) in [6, 6.07) is 0. The van der Waals surface area contributed by atoms with E-state index in [4.69, 9.17) is 9.84 Å². The van der Waals surface area contributed by atoms with Crippen molar-refractivity contribution in [1.82, 2.24) is 10.9 Å². The molecule has 194 valence electrons. The molecule has 1 rings (SSSR count). The lowest BCUT2D eigenvalue weighted by Crippen LogP contribution is -2.45. The lowest BCUT2D eigenvalue weighted by atomic mass is 9.74. The van der Waals surface area contributed by atoms with Gasteiger partial charge in [-0.1, -0.05) is 57.1 Å². The van der Waals surface area contributed by atoms with Gasteiger partial charge >= 0.3 is 5.97 Å². The topological polar surface area (TPSA) is 122 Å². The molecule has 0 fully saturated rings. The number of hydrogen-bond donors (Lipinski definition) is 3. The van der Waals surface area contributed by atoms with Crippen molar-refractivity contribution in [2.45, 2.75) is 59.8 Å². The molecular weight excluding hydrogens is 456 g/mol. The number of amides is 1. The number of rotatable bonds is 14. The first kappa shape index (κ1) is 30.1. The summed E-state index contributed by atoms with van der Waals surface area (Å²) in [6.45, 7) is 7.15. The minimum Gasteiger partial charge on any atom is -0.469 e. The Balaban J connectivity index is 2.97. The van der Waals surface area contributed by atoms with Gasteiger partial charge in [0, 0.05) is 7.05 Å². The first-order valence-electron chi connectivity index (χ1n) is 11.7. The zero-order valence-electron chi connectivity index (χ0n) is 21.4. The van der Waals surface area contributed by atoms with E-state index >= 15 is 0 Å². The minimum atomic E-state index is -3.33. The number of hydrazine groups is 1.